The number of hydrogen-bond acceptors (Lipinski definition) is 4. The maximum Gasteiger partial charge on any atom is 0.226 e. The summed E-state index contributed by atoms with van der Waals surface area (Å²) >= 11 is 0. The van der Waals surface area contributed by atoms with Gasteiger partial charge in [-0.3, -0.25) is 4.79 Å². The molecule has 1 heterocycles. The number of carbonyl (C=O) groups excluding carboxylic acids is 1. The Morgan fingerprint density at radius 2 is 1.95 bits per heavy atom. The Labute approximate surface area is 132 Å². The van der Waals surface area contributed by atoms with Crippen LogP contribution in [0.1, 0.15) is 25.8 Å². The lowest BCUT2D eigenvalue weighted by Gasteiger charge is -2.36. The van der Waals surface area contributed by atoms with Crippen molar-refractivity contribution in [3.8, 4) is 11.5 Å². The number of piperazine rings is 1. The molecule has 22 heavy (non-hydrogen) atoms. The van der Waals surface area contributed by atoms with Crippen molar-refractivity contribution in [3.05, 3.63) is 23.8 Å². The van der Waals surface area contributed by atoms with E-state index in [0.717, 1.165) is 18.7 Å². The standard InChI is InChI=1S/C17H26N2O3/c1-12-5-6-15(16(9-12)21-4)22-8-7-17(20)19-10-13(2)18-14(3)11-19/h5-6,9,13-14,18H,7-8,10-11H2,1-4H3/t13-,14-/m0/s1. The Bertz CT molecular complexity index is 509. The van der Waals surface area contributed by atoms with Gasteiger partial charge in [0.1, 0.15) is 0 Å². The van der Waals surface area contributed by atoms with E-state index in [9.17, 15) is 4.79 Å². The zero-order valence-corrected chi connectivity index (χ0v) is 13.9. The first kappa shape index (κ1) is 16.6. The predicted molar refractivity (Wildman–Crippen MR) is 86.5 cm³/mol. The largest absolute Gasteiger partial charge is 0.493 e. The van der Waals surface area contributed by atoms with E-state index in [1.807, 2.05) is 30.0 Å². The summed E-state index contributed by atoms with van der Waals surface area (Å²) in [6, 6.07) is 6.46. The number of amides is 1. The first-order chi connectivity index (χ1) is 10.5. The van der Waals surface area contributed by atoms with Crippen LogP contribution in [0.15, 0.2) is 18.2 Å². The summed E-state index contributed by atoms with van der Waals surface area (Å²) in [4.78, 5) is 14.2. The molecule has 1 aromatic carbocycles. The number of nitrogens with zero attached hydrogens (tertiary/aromatic N) is 1. The molecule has 2 atom stereocenters. The maximum absolute atomic E-state index is 12.3. The van der Waals surface area contributed by atoms with Crippen molar-refractivity contribution >= 4 is 5.91 Å². The van der Waals surface area contributed by atoms with Crippen LogP contribution < -0.4 is 14.8 Å². The van der Waals surface area contributed by atoms with Crippen molar-refractivity contribution in [1.82, 2.24) is 10.2 Å². The van der Waals surface area contributed by atoms with Crippen LogP contribution in [0.25, 0.3) is 0 Å². The summed E-state index contributed by atoms with van der Waals surface area (Å²) in [7, 11) is 1.62. The van der Waals surface area contributed by atoms with E-state index < -0.39 is 0 Å². The van der Waals surface area contributed by atoms with Gasteiger partial charge in [-0.1, -0.05) is 6.07 Å². The third kappa shape index (κ3) is 4.37. The highest BCUT2D eigenvalue weighted by Crippen LogP contribution is 2.27. The van der Waals surface area contributed by atoms with Gasteiger partial charge in [-0.15, -0.1) is 0 Å². The van der Waals surface area contributed by atoms with Crippen LogP contribution in [0.3, 0.4) is 0 Å². The Kier molecular flexibility index (Phi) is 5.66. The lowest BCUT2D eigenvalue weighted by molar-refractivity contribution is -0.133. The fraction of sp³-hybridized carbons (Fsp3) is 0.588. The van der Waals surface area contributed by atoms with Crippen LogP contribution in [-0.4, -0.2) is 49.7 Å². The van der Waals surface area contributed by atoms with Crippen molar-refractivity contribution in [2.45, 2.75) is 39.3 Å². The van der Waals surface area contributed by atoms with E-state index in [1.54, 1.807) is 7.11 Å². The molecule has 122 valence electrons. The highest BCUT2D eigenvalue weighted by Gasteiger charge is 2.24. The average molecular weight is 306 g/mol. The van der Waals surface area contributed by atoms with Crippen molar-refractivity contribution in [1.29, 1.82) is 0 Å². The molecule has 0 radical (unpaired) electrons. The van der Waals surface area contributed by atoms with Crippen molar-refractivity contribution in [3.63, 3.8) is 0 Å². The summed E-state index contributed by atoms with van der Waals surface area (Å²) in [6.45, 7) is 8.09. The third-order valence-corrected chi connectivity index (χ3v) is 3.80. The number of ether oxygens (including phenoxy) is 2. The van der Waals surface area contributed by atoms with Crippen LogP contribution in [-0.2, 0) is 4.79 Å². The maximum atomic E-state index is 12.3. The second-order valence-corrected chi connectivity index (χ2v) is 6.02. The molecular formula is C17H26N2O3. The van der Waals surface area contributed by atoms with Gasteiger partial charge in [0, 0.05) is 25.2 Å². The van der Waals surface area contributed by atoms with Crippen LogP contribution in [0.2, 0.25) is 0 Å². The minimum atomic E-state index is 0.145. The summed E-state index contributed by atoms with van der Waals surface area (Å²) < 4.78 is 11.0. The molecule has 1 aliphatic heterocycles. The molecule has 0 bridgehead atoms. The number of rotatable bonds is 5. The average Bonchev–Trinajstić information content (AvgIpc) is 2.47. The smallest absolute Gasteiger partial charge is 0.226 e. The molecule has 1 fully saturated rings. The fourth-order valence-electron chi connectivity index (χ4n) is 2.83. The van der Waals surface area contributed by atoms with Gasteiger partial charge >= 0.3 is 0 Å². The quantitative estimate of drug-likeness (QED) is 0.904. The Morgan fingerprint density at radius 3 is 2.59 bits per heavy atom. The normalized spacial score (nSPS) is 21.5. The van der Waals surface area contributed by atoms with E-state index in [2.05, 4.69) is 19.2 Å². The molecule has 1 amide bonds. The first-order valence-corrected chi connectivity index (χ1v) is 7.81. The predicted octanol–water partition coefficient (Wildman–Crippen LogP) is 1.98. The summed E-state index contributed by atoms with van der Waals surface area (Å²) in [5.41, 5.74) is 1.11. The van der Waals surface area contributed by atoms with Gasteiger partial charge in [-0.05, 0) is 38.5 Å². The Balaban J connectivity index is 1.84. The number of carbonyl (C=O) groups is 1. The summed E-state index contributed by atoms with van der Waals surface area (Å²) in [5.74, 6) is 1.53. The second kappa shape index (κ2) is 7.49. The van der Waals surface area contributed by atoms with E-state index in [4.69, 9.17) is 9.47 Å². The van der Waals surface area contributed by atoms with E-state index in [1.165, 1.54) is 0 Å². The van der Waals surface area contributed by atoms with E-state index >= 15 is 0 Å². The Morgan fingerprint density at radius 1 is 1.27 bits per heavy atom. The van der Waals surface area contributed by atoms with Gasteiger partial charge < -0.3 is 19.7 Å². The third-order valence-electron chi connectivity index (χ3n) is 3.80. The summed E-state index contributed by atoms with van der Waals surface area (Å²) in [6.07, 6.45) is 0.385. The number of aryl methyl sites for hydroxylation is 1. The molecule has 0 aromatic heterocycles. The van der Waals surface area contributed by atoms with Gasteiger partial charge in [-0.2, -0.15) is 0 Å². The van der Waals surface area contributed by atoms with Gasteiger partial charge in [0.05, 0.1) is 20.1 Å². The lowest BCUT2D eigenvalue weighted by Crippen LogP contribution is -2.56. The molecule has 1 N–H and O–H groups in total. The molecule has 1 saturated heterocycles. The van der Waals surface area contributed by atoms with Crippen LogP contribution in [0.4, 0.5) is 0 Å². The number of benzene rings is 1. The van der Waals surface area contributed by atoms with Crippen molar-refractivity contribution in [2.24, 2.45) is 0 Å². The molecular weight excluding hydrogens is 280 g/mol. The van der Waals surface area contributed by atoms with Gasteiger partial charge in [0.15, 0.2) is 11.5 Å². The van der Waals surface area contributed by atoms with Crippen LogP contribution in [0.5, 0.6) is 11.5 Å². The van der Waals surface area contributed by atoms with E-state index in [-0.39, 0.29) is 5.91 Å². The monoisotopic (exact) mass is 306 g/mol. The molecule has 0 unspecified atom stereocenters. The van der Waals surface area contributed by atoms with Crippen LogP contribution >= 0.6 is 0 Å². The minimum Gasteiger partial charge on any atom is -0.493 e. The molecule has 0 aliphatic carbocycles. The molecule has 2 rings (SSSR count). The minimum absolute atomic E-state index is 0.145. The SMILES string of the molecule is COc1cc(C)ccc1OCCC(=O)N1C[C@H](C)N[C@@H](C)C1. The second-order valence-electron chi connectivity index (χ2n) is 6.02. The van der Waals surface area contributed by atoms with Crippen LogP contribution in [0, 0.1) is 6.92 Å². The highest BCUT2D eigenvalue weighted by atomic mass is 16.5. The Hall–Kier alpha value is -1.75. The fourth-order valence-corrected chi connectivity index (χ4v) is 2.83. The van der Waals surface area contributed by atoms with Gasteiger partial charge in [0.2, 0.25) is 5.91 Å². The van der Waals surface area contributed by atoms with Crippen molar-refractivity contribution < 1.29 is 14.3 Å². The number of hydrogen-bond donors (Lipinski definition) is 1. The lowest BCUT2D eigenvalue weighted by atomic mass is 10.1. The van der Waals surface area contributed by atoms with Crippen molar-refractivity contribution in [2.75, 3.05) is 26.8 Å². The zero-order chi connectivity index (χ0) is 16.1. The molecule has 1 aliphatic rings. The number of methoxy groups -OCH3 is 1. The van der Waals surface area contributed by atoms with E-state index in [0.29, 0.717) is 36.6 Å². The highest BCUT2D eigenvalue weighted by molar-refractivity contribution is 5.76. The molecule has 5 heteroatoms. The van der Waals surface area contributed by atoms with Gasteiger partial charge in [0.25, 0.3) is 0 Å². The molecule has 0 spiro atoms. The number of nitrogens with one attached hydrogen (secondary N) is 1. The zero-order valence-electron chi connectivity index (χ0n) is 13.9. The molecule has 5 nitrogen and oxygen atoms in total. The first-order valence-electron chi connectivity index (χ1n) is 7.81. The summed E-state index contributed by atoms with van der Waals surface area (Å²) in [5, 5.41) is 3.42. The molecule has 0 saturated carbocycles. The van der Waals surface area contributed by atoms with Gasteiger partial charge in [-0.25, -0.2) is 0 Å². The molecule has 1 aromatic rings. The topological polar surface area (TPSA) is 50.8 Å².